The van der Waals surface area contributed by atoms with Crippen LogP contribution in [0.1, 0.15) is 18.4 Å². The summed E-state index contributed by atoms with van der Waals surface area (Å²) < 4.78 is 19.0. The molecule has 7 heteroatoms. The van der Waals surface area contributed by atoms with E-state index in [0.717, 1.165) is 18.4 Å². The fourth-order valence-electron chi connectivity index (χ4n) is 4.45. The number of nitrogens with one attached hydrogen (secondary N) is 2. The first-order valence-corrected chi connectivity index (χ1v) is 10.3. The Morgan fingerprint density at radius 3 is 2.60 bits per heavy atom. The van der Waals surface area contributed by atoms with Gasteiger partial charge < -0.3 is 20.3 Å². The van der Waals surface area contributed by atoms with E-state index in [1.54, 1.807) is 17.0 Å². The summed E-state index contributed by atoms with van der Waals surface area (Å²) in [5.41, 5.74) is 1.13. The number of anilines is 1. The van der Waals surface area contributed by atoms with Gasteiger partial charge in [0.2, 0.25) is 5.91 Å². The summed E-state index contributed by atoms with van der Waals surface area (Å²) in [6.45, 7) is 2.43. The van der Waals surface area contributed by atoms with Gasteiger partial charge >= 0.3 is 6.03 Å². The van der Waals surface area contributed by atoms with E-state index < -0.39 is 5.82 Å². The minimum atomic E-state index is -0.401. The highest BCUT2D eigenvalue weighted by atomic mass is 19.1. The Balaban J connectivity index is 1.46. The maximum atomic E-state index is 13.5. The number of halogens is 1. The van der Waals surface area contributed by atoms with E-state index in [-0.39, 0.29) is 23.3 Å². The van der Waals surface area contributed by atoms with Crippen molar-refractivity contribution in [3.8, 4) is 0 Å². The van der Waals surface area contributed by atoms with Crippen molar-refractivity contribution < 1.29 is 18.7 Å². The van der Waals surface area contributed by atoms with Crippen LogP contribution in [0.2, 0.25) is 0 Å². The lowest BCUT2D eigenvalue weighted by atomic mass is 9.71. The number of urea groups is 1. The monoisotopic (exact) mass is 411 g/mol. The first kappa shape index (κ1) is 20.3. The number of nitrogens with zero attached hydrogens (tertiary/aromatic N) is 1. The van der Waals surface area contributed by atoms with Crippen molar-refractivity contribution in [1.29, 1.82) is 0 Å². The number of likely N-dealkylation sites (tertiary alicyclic amines) is 1. The van der Waals surface area contributed by atoms with Gasteiger partial charge in [-0.25, -0.2) is 9.18 Å². The summed E-state index contributed by atoms with van der Waals surface area (Å²) in [7, 11) is 0. The van der Waals surface area contributed by atoms with E-state index in [4.69, 9.17) is 4.74 Å². The largest absolute Gasteiger partial charge is 0.381 e. The standard InChI is InChI=1S/C23H26FN3O3/c24-18-7-4-8-19(13-18)26-21(28)20-15-27(16-23(20)9-11-30-12-10-23)22(29)25-14-17-5-2-1-3-6-17/h1-8,13,20H,9-12,14-16H2,(H,25,29)(H,26,28). The van der Waals surface area contributed by atoms with Gasteiger partial charge in [-0.2, -0.15) is 0 Å². The zero-order chi connectivity index (χ0) is 21.0. The number of hydrogen-bond donors (Lipinski definition) is 2. The highest BCUT2D eigenvalue weighted by Crippen LogP contribution is 2.44. The fraction of sp³-hybridized carbons (Fsp3) is 0.391. The van der Waals surface area contributed by atoms with E-state index >= 15 is 0 Å². The second-order valence-electron chi connectivity index (χ2n) is 8.05. The predicted octanol–water partition coefficient (Wildman–Crippen LogP) is 3.40. The smallest absolute Gasteiger partial charge is 0.317 e. The molecule has 2 aromatic rings. The number of ether oxygens (including phenoxy) is 1. The van der Waals surface area contributed by atoms with Crippen molar-refractivity contribution in [2.45, 2.75) is 19.4 Å². The number of rotatable bonds is 4. The molecule has 2 saturated heterocycles. The van der Waals surface area contributed by atoms with Crippen LogP contribution in [0, 0.1) is 17.2 Å². The molecule has 2 aliphatic heterocycles. The summed E-state index contributed by atoms with van der Waals surface area (Å²) in [6.07, 6.45) is 1.44. The van der Waals surface area contributed by atoms with Crippen molar-refractivity contribution >= 4 is 17.6 Å². The molecule has 2 aromatic carbocycles. The van der Waals surface area contributed by atoms with Crippen molar-refractivity contribution in [1.82, 2.24) is 10.2 Å². The second kappa shape index (κ2) is 8.83. The van der Waals surface area contributed by atoms with Crippen molar-refractivity contribution in [2.24, 2.45) is 11.3 Å². The average molecular weight is 411 g/mol. The Morgan fingerprint density at radius 1 is 1.10 bits per heavy atom. The maximum Gasteiger partial charge on any atom is 0.317 e. The molecule has 30 heavy (non-hydrogen) atoms. The van der Waals surface area contributed by atoms with Gasteiger partial charge in [0.25, 0.3) is 0 Å². The molecule has 1 spiro atoms. The third kappa shape index (κ3) is 4.46. The highest BCUT2D eigenvalue weighted by molar-refractivity contribution is 5.94. The van der Waals surface area contributed by atoms with Crippen LogP contribution >= 0.6 is 0 Å². The highest BCUT2D eigenvalue weighted by Gasteiger charge is 2.51. The van der Waals surface area contributed by atoms with Crippen LogP contribution in [-0.4, -0.2) is 43.1 Å². The molecule has 0 aliphatic carbocycles. The van der Waals surface area contributed by atoms with Gasteiger partial charge in [-0.15, -0.1) is 0 Å². The molecule has 3 amide bonds. The molecule has 2 aliphatic rings. The van der Waals surface area contributed by atoms with E-state index in [1.165, 1.54) is 12.1 Å². The number of carbonyl (C=O) groups is 2. The van der Waals surface area contributed by atoms with Gasteiger partial charge in [0, 0.05) is 44.0 Å². The zero-order valence-electron chi connectivity index (χ0n) is 16.8. The Morgan fingerprint density at radius 2 is 1.87 bits per heavy atom. The van der Waals surface area contributed by atoms with Crippen LogP contribution in [-0.2, 0) is 16.1 Å². The van der Waals surface area contributed by atoms with Gasteiger partial charge in [-0.05, 0) is 36.6 Å². The number of hydrogen-bond acceptors (Lipinski definition) is 3. The molecule has 6 nitrogen and oxygen atoms in total. The summed E-state index contributed by atoms with van der Waals surface area (Å²) in [5, 5.41) is 5.79. The lowest BCUT2D eigenvalue weighted by Crippen LogP contribution is -2.42. The van der Waals surface area contributed by atoms with E-state index in [0.29, 0.717) is 38.5 Å². The normalized spacial score (nSPS) is 20.2. The summed E-state index contributed by atoms with van der Waals surface area (Å²) in [6, 6.07) is 15.4. The molecule has 0 radical (unpaired) electrons. The quantitative estimate of drug-likeness (QED) is 0.810. The van der Waals surface area contributed by atoms with Crippen LogP contribution in [0.25, 0.3) is 0 Å². The van der Waals surface area contributed by atoms with Crippen LogP contribution in [0.5, 0.6) is 0 Å². The summed E-state index contributed by atoms with van der Waals surface area (Å²) in [4.78, 5) is 27.7. The van der Waals surface area contributed by atoms with Gasteiger partial charge in [0.15, 0.2) is 0 Å². The number of carbonyl (C=O) groups excluding carboxylic acids is 2. The molecule has 2 fully saturated rings. The minimum absolute atomic E-state index is 0.175. The third-order valence-corrected chi connectivity index (χ3v) is 6.12. The molecule has 0 bridgehead atoms. The first-order valence-electron chi connectivity index (χ1n) is 10.3. The average Bonchev–Trinajstić information content (AvgIpc) is 3.12. The molecular formula is C23H26FN3O3. The van der Waals surface area contributed by atoms with E-state index in [9.17, 15) is 14.0 Å². The molecular weight excluding hydrogens is 385 g/mol. The van der Waals surface area contributed by atoms with Crippen molar-refractivity contribution in [2.75, 3.05) is 31.6 Å². The molecule has 4 rings (SSSR count). The SMILES string of the molecule is O=C(Nc1cccc(F)c1)C1CN(C(=O)NCc2ccccc2)CC12CCOCC2. The fourth-order valence-corrected chi connectivity index (χ4v) is 4.45. The molecule has 2 N–H and O–H groups in total. The Kier molecular flexibility index (Phi) is 5.99. The number of amides is 3. The van der Waals surface area contributed by atoms with Gasteiger partial charge in [0.05, 0.1) is 5.92 Å². The summed E-state index contributed by atoms with van der Waals surface area (Å²) >= 11 is 0. The van der Waals surface area contributed by atoms with Crippen molar-refractivity contribution in [3.63, 3.8) is 0 Å². The lowest BCUT2D eigenvalue weighted by Gasteiger charge is -2.37. The predicted molar refractivity (Wildman–Crippen MR) is 111 cm³/mol. The summed E-state index contributed by atoms with van der Waals surface area (Å²) in [5.74, 6) is -0.949. The van der Waals surface area contributed by atoms with E-state index in [1.807, 2.05) is 30.3 Å². The molecule has 158 valence electrons. The molecule has 0 saturated carbocycles. The first-order chi connectivity index (χ1) is 14.6. The Labute approximate surface area is 175 Å². The van der Waals surface area contributed by atoms with Gasteiger partial charge in [-0.1, -0.05) is 36.4 Å². The Hall–Kier alpha value is -2.93. The van der Waals surface area contributed by atoms with Crippen molar-refractivity contribution in [3.05, 3.63) is 66.0 Å². The number of benzene rings is 2. The maximum absolute atomic E-state index is 13.5. The topological polar surface area (TPSA) is 70.7 Å². The zero-order valence-corrected chi connectivity index (χ0v) is 16.8. The third-order valence-electron chi connectivity index (χ3n) is 6.12. The van der Waals surface area contributed by atoms with Gasteiger partial charge in [0.1, 0.15) is 5.82 Å². The van der Waals surface area contributed by atoms with E-state index in [2.05, 4.69) is 10.6 Å². The molecule has 1 atom stereocenters. The van der Waals surface area contributed by atoms with Gasteiger partial charge in [-0.3, -0.25) is 4.79 Å². The van der Waals surface area contributed by atoms with Crippen LogP contribution in [0.15, 0.2) is 54.6 Å². The van der Waals surface area contributed by atoms with Crippen LogP contribution in [0.4, 0.5) is 14.9 Å². The Bertz CT molecular complexity index is 900. The van der Waals surface area contributed by atoms with Crippen LogP contribution < -0.4 is 10.6 Å². The molecule has 1 unspecified atom stereocenters. The van der Waals surface area contributed by atoms with Crippen LogP contribution in [0.3, 0.4) is 0 Å². The minimum Gasteiger partial charge on any atom is -0.381 e. The molecule has 0 aromatic heterocycles. The lowest BCUT2D eigenvalue weighted by molar-refractivity contribution is -0.124. The molecule has 2 heterocycles. The second-order valence-corrected chi connectivity index (χ2v) is 8.05.